The van der Waals surface area contributed by atoms with Gasteiger partial charge in [0.15, 0.2) is 81.1 Å². The number of anilines is 5. The highest BCUT2D eigenvalue weighted by Gasteiger charge is 2.50. The van der Waals surface area contributed by atoms with Crippen LogP contribution < -0.4 is 24.5 Å². The Kier molecular flexibility index (Phi) is 44.0. The first-order valence-electron chi connectivity index (χ1n) is 36.7. The summed E-state index contributed by atoms with van der Waals surface area (Å²) in [5.74, 6) is -5.74. The molecule has 0 radical (unpaired) electrons. The number of carbonyl (C=O) groups excluding carboxylic acids is 5. The molecule has 5 rings (SSSR count). The maximum absolute atomic E-state index is 13.4. The van der Waals surface area contributed by atoms with Gasteiger partial charge in [-0.25, -0.2) is 66.1 Å². The summed E-state index contributed by atoms with van der Waals surface area (Å²) in [6, 6.07) is 29.6. The van der Waals surface area contributed by atoms with Gasteiger partial charge in [-0.15, -0.1) is 0 Å². The van der Waals surface area contributed by atoms with Crippen LogP contribution in [0.4, 0.5) is 72.3 Å². The Bertz CT molecular complexity index is 4550. The van der Waals surface area contributed by atoms with E-state index in [9.17, 15) is 133 Å². The molecule has 0 aliphatic rings. The summed E-state index contributed by atoms with van der Waals surface area (Å²) in [4.78, 5) is 68.8. The predicted molar refractivity (Wildman–Crippen MR) is 419 cm³/mol. The first kappa shape index (κ1) is 110. The fourth-order valence-electron chi connectivity index (χ4n) is 9.81. The largest absolute Gasteiger partial charge is 0.743 e. The third-order valence-corrected chi connectivity index (χ3v) is 22.0. The van der Waals surface area contributed by atoms with Crippen LogP contribution in [0.15, 0.2) is 121 Å². The van der Waals surface area contributed by atoms with Gasteiger partial charge in [0.1, 0.15) is 0 Å². The molecule has 0 fully saturated rings. The van der Waals surface area contributed by atoms with Crippen LogP contribution >= 0.6 is 0 Å². The predicted octanol–water partition coefficient (Wildman–Crippen LogP) is 10.6. The van der Waals surface area contributed by atoms with E-state index in [1.54, 1.807) is 72.4 Å². The highest BCUT2D eigenvalue weighted by Crippen LogP contribution is 2.34. The van der Waals surface area contributed by atoms with E-state index in [4.69, 9.17) is 10.2 Å². The summed E-state index contributed by atoms with van der Waals surface area (Å²) in [6.07, 6.45) is -6.00. The van der Waals surface area contributed by atoms with Crippen molar-refractivity contribution in [1.29, 1.82) is 0 Å². The molecule has 0 amide bonds. The van der Waals surface area contributed by atoms with Crippen molar-refractivity contribution >= 4 is 109 Å². The summed E-state index contributed by atoms with van der Waals surface area (Å²) in [6.45, 7) is 20.4. The first-order valence-corrected chi connectivity index (χ1v) is 43.8. The lowest BCUT2D eigenvalue weighted by atomic mass is 10.1. The lowest BCUT2D eigenvalue weighted by Gasteiger charge is -2.26. The van der Waals surface area contributed by atoms with Gasteiger partial charge in [0, 0.05) is 94.9 Å². The molecule has 0 aromatic heterocycles. The van der Waals surface area contributed by atoms with E-state index in [2.05, 4.69) is 47.3 Å². The zero-order valence-corrected chi connectivity index (χ0v) is 72.0. The van der Waals surface area contributed by atoms with Crippen molar-refractivity contribution in [2.75, 3.05) is 104 Å². The number of nitrogens with zero attached hydrogens (tertiary/aromatic N) is 5. The molecule has 2 N–H and O–H groups in total. The van der Waals surface area contributed by atoms with Gasteiger partial charge >= 0.3 is 56.1 Å². The number of ether oxygens (including phenoxy) is 5. The van der Waals surface area contributed by atoms with Crippen molar-refractivity contribution in [2.45, 2.75) is 171 Å². The third kappa shape index (κ3) is 33.1. The molecule has 0 aliphatic carbocycles. The zero-order valence-electron chi connectivity index (χ0n) is 67.9. The van der Waals surface area contributed by atoms with Crippen LogP contribution in [-0.4, -0.2) is 241 Å². The molecule has 0 heterocycles. The Morgan fingerprint density at radius 1 is 0.306 bits per heavy atom. The van der Waals surface area contributed by atoms with Crippen LogP contribution in [0.1, 0.15) is 166 Å². The van der Waals surface area contributed by atoms with Crippen molar-refractivity contribution in [3.8, 4) is 0 Å². The second kappa shape index (κ2) is 48.3. The molecular formula is C74H98F10N5O27S5-5. The van der Waals surface area contributed by atoms with Crippen molar-refractivity contribution in [3.63, 3.8) is 0 Å². The van der Waals surface area contributed by atoms with Crippen LogP contribution in [0.3, 0.4) is 0 Å². The molecule has 0 aliphatic heterocycles. The van der Waals surface area contributed by atoms with Crippen molar-refractivity contribution < 1.29 is 167 Å². The Balaban J connectivity index is 0.000000758. The molecule has 47 heteroatoms. The maximum Gasteiger partial charge on any atom is 0.370 e. The van der Waals surface area contributed by atoms with Gasteiger partial charge in [-0.05, 0) is 195 Å². The van der Waals surface area contributed by atoms with Crippen LogP contribution in [0, 0.1) is 0 Å². The number of rotatable bonds is 41. The molecule has 0 saturated carbocycles. The van der Waals surface area contributed by atoms with Crippen molar-refractivity contribution in [2.24, 2.45) is 0 Å². The molecule has 121 heavy (non-hydrogen) atoms. The number of halogens is 10. The van der Waals surface area contributed by atoms with Crippen molar-refractivity contribution in [3.05, 3.63) is 149 Å². The number of unbranched alkanes of at least 4 members (excludes halogenated alkanes) is 2. The fraction of sp³-hybridized carbons (Fsp3) is 0.527. The van der Waals surface area contributed by atoms with E-state index >= 15 is 0 Å². The van der Waals surface area contributed by atoms with E-state index in [0.29, 0.717) is 40.3 Å². The lowest BCUT2D eigenvalue weighted by Crippen LogP contribution is -2.42. The van der Waals surface area contributed by atoms with E-state index in [1.165, 1.54) is 72.8 Å². The van der Waals surface area contributed by atoms with Gasteiger partial charge in [-0.2, -0.15) is 43.9 Å². The smallest absolute Gasteiger partial charge is 0.370 e. The average Bonchev–Trinajstić information content (AvgIpc) is 0.821. The highest BCUT2D eigenvalue weighted by atomic mass is 32.2. The SMILES string of the molecule is CC(OC(=O)c1ccc(N(C)C)cc1)C(F)(F)S(=O)(=O)[O-].CC(OC(=O)c1ccc(N(CCO)CCO)cc1)C(F)(F)S(=O)(=O)[O-].CCCCN(CCCC)c1ccc(C(=O)OC(C)C(F)(F)S(=O)(=O)[O-])cc1.CCCN(CCC)c1ccc(C(=O)OC(C)C(F)(F)S(=O)(=O)[O-])cc1.CCN(CC)c1ccc(C(=O)OC(C)C(F)(F)S(=O)(=O)[O-])cc1. The number of alkyl halides is 10. The number of esters is 5. The quantitative estimate of drug-likeness (QED) is 0.0159. The Labute approximate surface area is 696 Å². The summed E-state index contributed by atoms with van der Waals surface area (Å²) in [7, 11) is -26.1. The number of aliphatic hydroxyl groups is 2. The van der Waals surface area contributed by atoms with Crippen LogP contribution in [-0.2, 0) is 74.3 Å². The minimum absolute atomic E-state index is 0.00405. The number of aliphatic hydroxyl groups excluding tert-OH is 2. The van der Waals surface area contributed by atoms with E-state index in [-0.39, 0.29) is 54.1 Å². The van der Waals surface area contributed by atoms with E-state index in [1.807, 2.05) is 32.6 Å². The summed E-state index contributed by atoms with van der Waals surface area (Å²) >= 11 is 0. The molecule has 0 bridgehead atoms. The van der Waals surface area contributed by atoms with Gasteiger partial charge < -0.3 is 81.2 Å². The fourth-order valence-corrected chi connectivity index (χ4v) is 12.1. The molecule has 5 unspecified atom stereocenters. The second-order valence-corrected chi connectivity index (χ2v) is 33.5. The Hall–Kier alpha value is -8.78. The second-order valence-electron chi connectivity index (χ2n) is 26.2. The van der Waals surface area contributed by atoms with Gasteiger partial charge in [-0.1, -0.05) is 40.5 Å². The molecule has 5 atom stereocenters. The van der Waals surface area contributed by atoms with Gasteiger partial charge in [0.05, 0.1) is 41.0 Å². The third-order valence-electron chi connectivity index (χ3n) is 17.0. The van der Waals surface area contributed by atoms with Crippen LogP contribution in [0.25, 0.3) is 0 Å². The Morgan fingerprint density at radius 2 is 0.479 bits per heavy atom. The van der Waals surface area contributed by atoms with E-state index < -0.39 is 137 Å². The number of hydrogen-bond acceptors (Lipinski definition) is 32. The van der Waals surface area contributed by atoms with Crippen molar-refractivity contribution in [1.82, 2.24) is 0 Å². The average molecular weight is 1840 g/mol. The minimum atomic E-state index is -5.97. The first-order chi connectivity index (χ1) is 55.6. The van der Waals surface area contributed by atoms with Gasteiger partial charge in [0.2, 0.25) is 0 Å². The maximum atomic E-state index is 13.4. The minimum Gasteiger partial charge on any atom is -0.743 e. The Morgan fingerprint density at radius 3 is 0.636 bits per heavy atom. The normalized spacial score (nSPS) is 13.4. The molecule has 686 valence electrons. The van der Waals surface area contributed by atoms with Gasteiger partial charge in [0.25, 0.3) is 0 Å². The highest BCUT2D eigenvalue weighted by molar-refractivity contribution is 7.87. The molecule has 5 aromatic carbocycles. The van der Waals surface area contributed by atoms with Gasteiger partial charge in [-0.3, -0.25) is 0 Å². The molecule has 5 aromatic rings. The molecule has 32 nitrogen and oxygen atoms in total. The summed E-state index contributed by atoms with van der Waals surface area (Å²) in [5.41, 5.74) is 3.73. The number of hydrogen-bond donors (Lipinski definition) is 2. The van der Waals surface area contributed by atoms with Crippen LogP contribution in [0.2, 0.25) is 0 Å². The van der Waals surface area contributed by atoms with Crippen LogP contribution in [0.5, 0.6) is 0 Å². The molecule has 0 saturated heterocycles. The zero-order chi connectivity index (χ0) is 93.4. The summed E-state index contributed by atoms with van der Waals surface area (Å²) in [5, 5.41) is -5.58. The topological polar surface area (TPSA) is 474 Å². The lowest BCUT2D eigenvalue weighted by molar-refractivity contribution is -0.0555. The monoisotopic (exact) mass is 1840 g/mol. The summed E-state index contributed by atoms with van der Waals surface area (Å²) < 4.78 is 313. The number of carbonyl (C=O) groups is 5. The standard InChI is InChI=1S/C18H27F2NO5S.C16H23F2NO5S.C14H19F2NO7S.C14H19F2NO5S.C12H15F2NO5S/c1-4-6-12-21(13-7-5-2)16-10-8-15(9-11-16)17(22)26-14(3)18(19,20)27(23,24)25;1-4-10-19(11-5-2)14-8-6-13(7-9-14)15(20)24-12(3)16(17,18)25(21,22)23;1-10(14(15,16)25(21,22)23)24-13(20)11-2-4-12(5-3-11)17(6-8-18)7-9-19;1-4-17(5-2)12-8-6-11(7-9-12)13(18)22-10(3)14(15,16)23(19,20)21;1-8(12(13,14)21(17,18)19)20-11(16)9-4-6-10(7-5-9)15(2)3/h8-11,14H,4-7,12-13H2,1-3H3,(H,23,24,25);6-9,12H,4-5,10-11H2,1-3H3,(H,21,22,23);2-5,10,18-19H,6-9H2,1H3,(H,21,22,23);6-10H,4-5H2,1-3H3,(H,19,20,21);4-8H,1-3H3,(H,17,18,19)/p-5. The van der Waals surface area contributed by atoms with E-state index in [0.717, 1.165) is 101 Å². The number of benzene rings is 5. The molecular weight excluding hydrogens is 1740 g/mol. The molecule has 0 spiro atoms.